The highest BCUT2D eigenvalue weighted by molar-refractivity contribution is 5.65. The van der Waals surface area contributed by atoms with Crippen LogP contribution in [-0.2, 0) is 9.53 Å². The molecule has 0 rings (SSSR count). The molecule has 0 fully saturated rings. The predicted octanol–water partition coefficient (Wildman–Crippen LogP) is 4.64. The third-order valence-corrected chi connectivity index (χ3v) is 2.71. The van der Waals surface area contributed by atoms with Crippen LogP contribution < -0.4 is 0 Å². The number of carbonyl (C=O) groups is 1. The summed E-state index contributed by atoms with van der Waals surface area (Å²) in [4.78, 5) is 10.5. The molecule has 0 heterocycles. The molecule has 0 bridgehead atoms. The van der Waals surface area contributed by atoms with Crippen molar-refractivity contribution in [1.29, 1.82) is 0 Å². The summed E-state index contributed by atoms with van der Waals surface area (Å²) in [6, 6.07) is 0. The van der Waals surface area contributed by atoms with Crippen LogP contribution in [0.15, 0.2) is 12.2 Å². The van der Waals surface area contributed by atoms with Crippen LogP contribution in [0.2, 0.25) is 0 Å². The fraction of sp³-hybridized carbons (Fsp3) is 0.800. The molecule has 0 aliphatic heterocycles. The molecule has 0 atom stereocenters. The van der Waals surface area contributed by atoms with E-state index in [-0.39, 0.29) is 5.97 Å². The summed E-state index contributed by atoms with van der Waals surface area (Å²) in [5.74, 6) is -0.180. The Hall–Kier alpha value is -0.790. The number of allylic oxidation sites excluding steroid dienone is 2. The molecule has 100 valence electrons. The Kier molecular flexibility index (Phi) is 12.7. The summed E-state index contributed by atoms with van der Waals surface area (Å²) in [5.41, 5.74) is 0. The summed E-state index contributed by atoms with van der Waals surface area (Å²) >= 11 is 0. The van der Waals surface area contributed by atoms with Crippen molar-refractivity contribution in [3.63, 3.8) is 0 Å². The maximum atomic E-state index is 10.5. The van der Waals surface area contributed by atoms with Crippen LogP contribution in [0.3, 0.4) is 0 Å². The third kappa shape index (κ3) is 15.2. The van der Waals surface area contributed by atoms with E-state index in [0.29, 0.717) is 6.61 Å². The molecule has 0 spiro atoms. The number of carbonyl (C=O) groups excluding carboxylic acids is 1. The molecule has 0 aromatic heterocycles. The largest absolute Gasteiger partial charge is 0.466 e. The van der Waals surface area contributed by atoms with Gasteiger partial charge in [-0.3, -0.25) is 4.79 Å². The Labute approximate surface area is 106 Å². The number of rotatable bonds is 11. The van der Waals surface area contributed by atoms with Crippen molar-refractivity contribution >= 4 is 5.97 Å². The molecule has 0 aromatic rings. The summed E-state index contributed by atoms with van der Waals surface area (Å²) in [6.45, 7) is 4.25. The molecule has 17 heavy (non-hydrogen) atoms. The second-order valence-corrected chi connectivity index (χ2v) is 4.51. The SMILES string of the molecule is CCCCCCCC/C=C/CCCOC(C)=O. The number of hydrogen-bond donors (Lipinski definition) is 0. The molecule has 0 N–H and O–H groups in total. The maximum Gasteiger partial charge on any atom is 0.302 e. The van der Waals surface area contributed by atoms with Crippen molar-refractivity contribution in [2.24, 2.45) is 0 Å². The molecule has 0 aliphatic rings. The fourth-order valence-corrected chi connectivity index (χ4v) is 1.70. The van der Waals surface area contributed by atoms with Gasteiger partial charge in [-0.25, -0.2) is 0 Å². The van der Waals surface area contributed by atoms with Gasteiger partial charge < -0.3 is 4.74 Å². The topological polar surface area (TPSA) is 26.3 Å². The quantitative estimate of drug-likeness (QED) is 0.299. The van der Waals surface area contributed by atoms with Gasteiger partial charge >= 0.3 is 5.97 Å². The molecule has 0 aromatic carbocycles. The van der Waals surface area contributed by atoms with E-state index in [2.05, 4.69) is 19.1 Å². The van der Waals surface area contributed by atoms with Gasteiger partial charge in [0.05, 0.1) is 6.61 Å². The van der Waals surface area contributed by atoms with Gasteiger partial charge in [0.1, 0.15) is 0 Å². The first-order chi connectivity index (χ1) is 8.27. The van der Waals surface area contributed by atoms with Crippen LogP contribution in [0.1, 0.15) is 71.6 Å². The van der Waals surface area contributed by atoms with Crippen LogP contribution in [0.25, 0.3) is 0 Å². The van der Waals surface area contributed by atoms with E-state index in [1.54, 1.807) is 0 Å². The van der Waals surface area contributed by atoms with Gasteiger partial charge in [0.25, 0.3) is 0 Å². The average molecular weight is 240 g/mol. The Morgan fingerprint density at radius 1 is 0.941 bits per heavy atom. The minimum Gasteiger partial charge on any atom is -0.466 e. The van der Waals surface area contributed by atoms with E-state index in [9.17, 15) is 4.79 Å². The Bertz CT molecular complexity index is 197. The minimum atomic E-state index is -0.180. The van der Waals surface area contributed by atoms with E-state index >= 15 is 0 Å². The second kappa shape index (κ2) is 13.3. The van der Waals surface area contributed by atoms with Gasteiger partial charge in [0.15, 0.2) is 0 Å². The highest BCUT2D eigenvalue weighted by Gasteiger charge is 1.90. The zero-order valence-corrected chi connectivity index (χ0v) is 11.5. The molecule has 0 aliphatic carbocycles. The van der Waals surface area contributed by atoms with E-state index in [4.69, 9.17) is 4.74 Å². The lowest BCUT2D eigenvalue weighted by atomic mass is 10.1. The lowest BCUT2D eigenvalue weighted by Gasteiger charge is -1.99. The number of ether oxygens (including phenoxy) is 1. The highest BCUT2D eigenvalue weighted by Crippen LogP contribution is 2.07. The smallest absolute Gasteiger partial charge is 0.302 e. The molecule has 0 saturated heterocycles. The van der Waals surface area contributed by atoms with E-state index in [1.807, 2.05) is 0 Å². The molecule has 0 amide bonds. The van der Waals surface area contributed by atoms with Crippen LogP contribution in [0, 0.1) is 0 Å². The molecule has 0 radical (unpaired) electrons. The lowest BCUT2D eigenvalue weighted by Crippen LogP contribution is -1.99. The highest BCUT2D eigenvalue weighted by atomic mass is 16.5. The van der Waals surface area contributed by atoms with Gasteiger partial charge in [0, 0.05) is 6.92 Å². The normalized spacial score (nSPS) is 10.9. The zero-order valence-electron chi connectivity index (χ0n) is 11.5. The predicted molar refractivity (Wildman–Crippen MR) is 73.0 cm³/mol. The first-order valence-electron chi connectivity index (χ1n) is 7.05. The molecule has 0 unspecified atom stereocenters. The van der Waals surface area contributed by atoms with Gasteiger partial charge in [-0.05, 0) is 25.7 Å². The van der Waals surface area contributed by atoms with Crippen molar-refractivity contribution in [2.75, 3.05) is 6.61 Å². The molecular formula is C15H28O2. The summed E-state index contributed by atoms with van der Waals surface area (Å²) in [5, 5.41) is 0. The van der Waals surface area contributed by atoms with Gasteiger partial charge in [0.2, 0.25) is 0 Å². The van der Waals surface area contributed by atoms with Crippen LogP contribution in [0.4, 0.5) is 0 Å². The average Bonchev–Trinajstić information content (AvgIpc) is 2.30. The van der Waals surface area contributed by atoms with Crippen LogP contribution >= 0.6 is 0 Å². The first-order valence-corrected chi connectivity index (χ1v) is 7.05. The summed E-state index contributed by atoms with van der Waals surface area (Å²) < 4.78 is 4.85. The molecule has 2 heteroatoms. The van der Waals surface area contributed by atoms with E-state index in [0.717, 1.165) is 12.8 Å². The molecule has 0 saturated carbocycles. The van der Waals surface area contributed by atoms with Gasteiger partial charge in [-0.2, -0.15) is 0 Å². The number of esters is 1. The van der Waals surface area contributed by atoms with Gasteiger partial charge in [-0.1, -0.05) is 51.2 Å². The van der Waals surface area contributed by atoms with Crippen molar-refractivity contribution in [3.8, 4) is 0 Å². The Morgan fingerprint density at radius 2 is 1.53 bits per heavy atom. The second-order valence-electron chi connectivity index (χ2n) is 4.51. The molecular weight excluding hydrogens is 212 g/mol. The van der Waals surface area contributed by atoms with E-state index in [1.165, 1.54) is 51.9 Å². The Morgan fingerprint density at radius 3 is 2.18 bits per heavy atom. The number of hydrogen-bond acceptors (Lipinski definition) is 2. The fourth-order valence-electron chi connectivity index (χ4n) is 1.70. The Balaban J connectivity index is 3.07. The maximum absolute atomic E-state index is 10.5. The standard InChI is InChI=1S/C15H28O2/c1-3-4-5-6-7-8-9-10-11-12-13-14-17-15(2)16/h10-11H,3-9,12-14H2,1-2H3/b11-10+. The van der Waals surface area contributed by atoms with Crippen molar-refractivity contribution in [3.05, 3.63) is 12.2 Å². The third-order valence-electron chi connectivity index (χ3n) is 2.71. The number of unbranched alkanes of at least 4 members (excludes halogenated alkanes) is 7. The first kappa shape index (κ1) is 16.2. The minimum absolute atomic E-state index is 0.180. The van der Waals surface area contributed by atoms with Crippen LogP contribution in [0.5, 0.6) is 0 Å². The van der Waals surface area contributed by atoms with Crippen molar-refractivity contribution in [2.45, 2.75) is 71.6 Å². The van der Waals surface area contributed by atoms with Gasteiger partial charge in [-0.15, -0.1) is 0 Å². The lowest BCUT2D eigenvalue weighted by molar-refractivity contribution is -0.141. The van der Waals surface area contributed by atoms with Crippen molar-refractivity contribution < 1.29 is 9.53 Å². The molecule has 2 nitrogen and oxygen atoms in total. The van der Waals surface area contributed by atoms with Crippen molar-refractivity contribution in [1.82, 2.24) is 0 Å². The monoisotopic (exact) mass is 240 g/mol. The summed E-state index contributed by atoms with van der Waals surface area (Å²) in [6.07, 6.45) is 15.8. The van der Waals surface area contributed by atoms with E-state index < -0.39 is 0 Å². The zero-order chi connectivity index (χ0) is 12.8. The summed E-state index contributed by atoms with van der Waals surface area (Å²) in [7, 11) is 0. The van der Waals surface area contributed by atoms with Crippen LogP contribution in [-0.4, -0.2) is 12.6 Å².